The third-order valence-corrected chi connectivity index (χ3v) is 3.24. The highest BCUT2D eigenvalue weighted by Crippen LogP contribution is 2.32. The molecule has 2 rings (SSSR count). The standard InChI is InChI=1S/C16H14N2O6/c1-23-15(19)9-13(16(20)24-2)17-12-7-8-14(18(21)22)11-6-4-3-5-10(11)12/h3-9,17H,1-2H3. The number of anilines is 1. The Labute approximate surface area is 136 Å². The summed E-state index contributed by atoms with van der Waals surface area (Å²) < 4.78 is 9.12. The van der Waals surface area contributed by atoms with Crippen LogP contribution in [0.25, 0.3) is 10.8 Å². The van der Waals surface area contributed by atoms with Crippen LogP contribution in [0.2, 0.25) is 0 Å². The molecule has 0 saturated heterocycles. The number of hydrogen-bond donors (Lipinski definition) is 1. The van der Waals surface area contributed by atoms with Crippen LogP contribution in [-0.4, -0.2) is 31.1 Å². The van der Waals surface area contributed by atoms with E-state index in [4.69, 9.17) is 0 Å². The number of esters is 2. The summed E-state index contributed by atoms with van der Waals surface area (Å²) in [4.78, 5) is 33.9. The number of nitrogens with one attached hydrogen (secondary N) is 1. The van der Waals surface area contributed by atoms with Gasteiger partial charge in [0.2, 0.25) is 0 Å². The molecule has 8 heteroatoms. The first-order valence-electron chi connectivity index (χ1n) is 6.79. The number of ether oxygens (including phenoxy) is 2. The summed E-state index contributed by atoms with van der Waals surface area (Å²) in [6, 6.07) is 9.41. The second-order valence-corrected chi connectivity index (χ2v) is 4.63. The van der Waals surface area contributed by atoms with Crippen molar-refractivity contribution >= 4 is 34.1 Å². The first-order chi connectivity index (χ1) is 11.5. The van der Waals surface area contributed by atoms with E-state index >= 15 is 0 Å². The second kappa shape index (κ2) is 7.23. The van der Waals surface area contributed by atoms with E-state index in [-0.39, 0.29) is 11.4 Å². The number of fused-ring (bicyclic) bond motifs is 1. The van der Waals surface area contributed by atoms with Gasteiger partial charge >= 0.3 is 11.9 Å². The minimum Gasteiger partial charge on any atom is -0.466 e. The summed E-state index contributed by atoms with van der Waals surface area (Å²) >= 11 is 0. The lowest BCUT2D eigenvalue weighted by Gasteiger charge is -2.12. The molecule has 0 atom stereocenters. The highest BCUT2D eigenvalue weighted by molar-refractivity contribution is 6.04. The van der Waals surface area contributed by atoms with Crippen LogP contribution in [0.1, 0.15) is 0 Å². The normalized spacial score (nSPS) is 11.0. The summed E-state index contributed by atoms with van der Waals surface area (Å²) in [5.74, 6) is -1.52. The van der Waals surface area contributed by atoms with E-state index < -0.39 is 16.9 Å². The molecule has 0 fully saturated rings. The van der Waals surface area contributed by atoms with Gasteiger partial charge in [0, 0.05) is 17.1 Å². The molecule has 0 spiro atoms. The lowest BCUT2D eigenvalue weighted by Crippen LogP contribution is -2.15. The van der Waals surface area contributed by atoms with E-state index in [1.165, 1.54) is 26.4 Å². The van der Waals surface area contributed by atoms with Crippen LogP contribution in [0.4, 0.5) is 11.4 Å². The number of hydrogen-bond acceptors (Lipinski definition) is 7. The van der Waals surface area contributed by atoms with E-state index in [1.807, 2.05) is 0 Å². The van der Waals surface area contributed by atoms with Gasteiger partial charge in [-0.3, -0.25) is 10.1 Å². The highest BCUT2D eigenvalue weighted by atomic mass is 16.6. The molecule has 0 unspecified atom stereocenters. The zero-order chi connectivity index (χ0) is 17.7. The Hall–Kier alpha value is -3.42. The SMILES string of the molecule is COC(=O)C=C(Nc1ccc([N+](=O)[O-])c2ccccc12)C(=O)OC. The van der Waals surface area contributed by atoms with Gasteiger partial charge in [-0.05, 0) is 12.1 Å². The fraction of sp³-hybridized carbons (Fsp3) is 0.125. The lowest BCUT2D eigenvalue weighted by molar-refractivity contribution is -0.383. The Balaban J connectivity index is 2.54. The van der Waals surface area contributed by atoms with Crippen LogP contribution in [0.15, 0.2) is 48.2 Å². The summed E-state index contributed by atoms with van der Waals surface area (Å²) in [5.41, 5.74) is 0.202. The molecular formula is C16H14N2O6. The molecule has 1 N–H and O–H groups in total. The maximum atomic E-state index is 11.8. The number of nitro groups is 1. The number of benzene rings is 2. The zero-order valence-electron chi connectivity index (χ0n) is 12.9. The van der Waals surface area contributed by atoms with E-state index in [2.05, 4.69) is 14.8 Å². The van der Waals surface area contributed by atoms with Crippen molar-refractivity contribution in [3.8, 4) is 0 Å². The van der Waals surface area contributed by atoms with Crippen molar-refractivity contribution < 1.29 is 24.0 Å². The van der Waals surface area contributed by atoms with Crippen LogP contribution in [0, 0.1) is 10.1 Å². The van der Waals surface area contributed by atoms with Gasteiger partial charge in [-0.2, -0.15) is 0 Å². The maximum Gasteiger partial charge on any atom is 0.354 e. The van der Waals surface area contributed by atoms with Crippen molar-refractivity contribution in [2.45, 2.75) is 0 Å². The van der Waals surface area contributed by atoms with Crippen LogP contribution in [0.3, 0.4) is 0 Å². The van der Waals surface area contributed by atoms with Crippen molar-refractivity contribution in [1.82, 2.24) is 0 Å². The van der Waals surface area contributed by atoms with Crippen LogP contribution < -0.4 is 5.32 Å². The molecule has 0 aliphatic carbocycles. The van der Waals surface area contributed by atoms with Crippen molar-refractivity contribution in [3.63, 3.8) is 0 Å². The zero-order valence-corrected chi connectivity index (χ0v) is 12.9. The number of rotatable bonds is 5. The molecule has 0 radical (unpaired) electrons. The van der Waals surface area contributed by atoms with E-state index in [0.717, 1.165) is 6.08 Å². The van der Waals surface area contributed by atoms with Gasteiger partial charge in [0.25, 0.3) is 5.69 Å². The fourth-order valence-corrected chi connectivity index (χ4v) is 2.13. The van der Waals surface area contributed by atoms with Crippen LogP contribution in [0.5, 0.6) is 0 Å². The molecule has 0 aromatic heterocycles. The summed E-state index contributed by atoms with van der Waals surface area (Å²) in [7, 11) is 2.35. The predicted molar refractivity (Wildman–Crippen MR) is 86.3 cm³/mol. The van der Waals surface area contributed by atoms with Gasteiger partial charge < -0.3 is 14.8 Å². The monoisotopic (exact) mass is 330 g/mol. The Morgan fingerprint density at radius 2 is 1.75 bits per heavy atom. The summed E-state index contributed by atoms with van der Waals surface area (Å²) in [5, 5.41) is 14.8. The Morgan fingerprint density at radius 1 is 1.08 bits per heavy atom. The van der Waals surface area contributed by atoms with Crippen molar-refractivity contribution in [2.24, 2.45) is 0 Å². The van der Waals surface area contributed by atoms with Crippen molar-refractivity contribution in [2.75, 3.05) is 19.5 Å². The highest BCUT2D eigenvalue weighted by Gasteiger charge is 2.17. The maximum absolute atomic E-state index is 11.8. The summed E-state index contributed by atoms with van der Waals surface area (Å²) in [6.45, 7) is 0. The molecule has 124 valence electrons. The van der Waals surface area contributed by atoms with E-state index in [1.54, 1.807) is 24.3 Å². The average Bonchev–Trinajstić information content (AvgIpc) is 2.60. The van der Waals surface area contributed by atoms with E-state index in [9.17, 15) is 19.7 Å². The lowest BCUT2D eigenvalue weighted by atomic mass is 10.1. The molecule has 0 heterocycles. The Bertz CT molecular complexity index is 844. The van der Waals surface area contributed by atoms with Gasteiger partial charge in [-0.15, -0.1) is 0 Å². The molecule has 2 aromatic rings. The van der Waals surface area contributed by atoms with Crippen molar-refractivity contribution in [1.29, 1.82) is 0 Å². The number of nitro benzene ring substituents is 1. The number of non-ortho nitro benzene ring substituents is 1. The van der Waals surface area contributed by atoms with Gasteiger partial charge in [0.1, 0.15) is 5.70 Å². The van der Waals surface area contributed by atoms with Gasteiger partial charge in [-0.1, -0.05) is 18.2 Å². The predicted octanol–water partition coefficient (Wildman–Crippen LogP) is 2.39. The third-order valence-electron chi connectivity index (χ3n) is 3.24. The average molecular weight is 330 g/mol. The number of carbonyl (C=O) groups is 2. The smallest absolute Gasteiger partial charge is 0.354 e. The molecular weight excluding hydrogens is 316 g/mol. The first-order valence-corrected chi connectivity index (χ1v) is 6.79. The molecule has 0 bridgehead atoms. The van der Waals surface area contributed by atoms with Crippen molar-refractivity contribution in [3.05, 3.63) is 58.3 Å². The Morgan fingerprint density at radius 3 is 2.33 bits per heavy atom. The largest absolute Gasteiger partial charge is 0.466 e. The second-order valence-electron chi connectivity index (χ2n) is 4.63. The minimum absolute atomic E-state index is 0.0623. The fourth-order valence-electron chi connectivity index (χ4n) is 2.13. The molecule has 0 aliphatic rings. The quantitative estimate of drug-likeness (QED) is 0.388. The van der Waals surface area contributed by atoms with Crippen LogP contribution >= 0.6 is 0 Å². The molecule has 8 nitrogen and oxygen atoms in total. The topological polar surface area (TPSA) is 108 Å². The van der Waals surface area contributed by atoms with Gasteiger partial charge in [0.05, 0.1) is 30.6 Å². The Kier molecular flexibility index (Phi) is 5.10. The summed E-state index contributed by atoms with van der Waals surface area (Å²) in [6.07, 6.45) is 0.946. The van der Waals surface area contributed by atoms with Crippen LogP contribution in [-0.2, 0) is 19.1 Å². The molecule has 0 aliphatic heterocycles. The third kappa shape index (κ3) is 3.49. The number of carbonyl (C=O) groups excluding carboxylic acids is 2. The van der Waals surface area contributed by atoms with Gasteiger partial charge in [-0.25, -0.2) is 9.59 Å². The molecule has 2 aromatic carbocycles. The van der Waals surface area contributed by atoms with E-state index in [0.29, 0.717) is 16.5 Å². The molecule has 0 amide bonds. The number of methoxy groups -OCH3 is 2. The molecule has 24 heavy (non-hydrogen) atoms. The molecule has 0 saturated carbocycles. The van der Waals surface area contributed by atoms with Gasteiger partial charge in [0.15, 0.2) is 0 Å². The minimum atomic E-state index is -0.775. The number of nitrogens with zero attached hydrogens (tertiary/aromatic N) is 1. The first kappa shape index (κ1) is 16.9.